The number of rotatable bonds is 5. The highest BCUT2D eigenvalue weighted by Gasteiger charge is 2.36. The van der Waals surface area contributed by atoms with Crippen LogP contribution in [0.4, 0.5) is 0 Å². The van der Waals surface area contributed by atoms with E-state index in [9.17, 15) is 5.11 Å². The fourth-order valence-corrected chi connectivity index (χ4v) is 4.41. The van der Waals surface area contributed by atoms with Crippen LogP contribution in [0.25, 0.3) is 0 Å². The summed E-state index contributed by atoms with van der Waals surface area (Å²) in [6.07, 6.45) is 2.94. The highest BCUT2D eigenvalue weighted by Crippen LogP contribution is 2.36. The minimum atomic E-state index is -0.248. The van der Waals surface area contributed by atoms with Gasteiger partial charge in [-0.1, -0.05) is 54.6 Å². The van der Waals surface area contributed by atoms with E-state index >= 15 is 0 Å². The van der Waals surface area contributed by atoms with E-state index in [1.165, 1.54) is 29.7 Å². The second-order valence-corrected chi connectivity index (χ2v) is 7.38. The Kier molecular flexibility index (Phi) is 8.59. The summed E-state index contributed by atoms with van der Waals surface area (Å²) < 4.78 is 0. The van der Waals surface area contributed by atoms with Gasteiger partial charge in [-0.3, -0.25) is 4.90 Å². The van der Waals surface area contributed by atoms with Crippen LogP contribution in [0.2, 0.25) is 0 Å². The van der Waals surface area contributed by atoms with Gasteiger partial charge < -0.3 is 10.0 Å². The minimum Gasteiger partial charge on any atom is -0.391 e. The maximum atomic E-state index is 10.5. The molecule has 3 nitrogen and oxygen atoms in total. The quantitative estimate of drug-likeness (QED) is 0.815. The van der Waals surface area contributed by atoms with Gasteiger partial charge >= 0.3 is 0 Å². The Morgan fingerprint density at radius 1 is 0.852 bits per heavy atom. The average Bonchev–Trinajstić information content (AvgIpc) is 2.99. The zero-order valence-corrected chi connectivity index (χ0v) is 17.3. The van der Waals surface area contributed by atoms with Crippen LogP contribution in [0.1, 0.15) is 29.2 Å². The molecule has 2 atom stereocenters. The number of hydrogen-bond donors (Lipinski definition) is 1. The molecule has 0 bridgehead atoms. The second kappa shape index (κ2) is 10.4. The summed E-state index contributed by atoms with van der Waals surface area (Å²) in [7, 11) is 0. The zero-order valence-electron chi connectivity index (χ0n) is 15.7. The Bertz CT molecular complexity index is 690. The number of aliphatic hydroxyl groups excluding tert-OH is 1. The van der Waals surface area contributed by atoms with Gasteiger partial charge in [-0.25, -0.2) is 0 Å². The summed E-state index contributed by atoms with van der Waals surface area (Å²) in [5.74, 6) is 0. The van der Waals surface area contributed by atoms with Crippen molar-refractivity contribution in [1.82, 2.24) is 9.80 Å². The van der Waals surface area contributed by atoms with E-state index in [1.54, 1.807) is 0 Å². The van der Waals surface area contributed by atoms with Crippen LogP contribution in [0, 0.1) is 0 Å². The molecule has 1 fully saturated rings. The van der Waals surface area contributed by atoms with Gasteiger partial charge in [-0.15, -0.1) is 24.8 Å². The molecule has 1 aliphatic carbocycles. The lowest BCUT2D eigenvalue weighted by molar-refractivity contribution is 0.0274. The Hall–Kier alpha value is -1.10. The number of aliphatic hydroxyl groups is 1. The molecular weight excluding hydrogens is 379 g/mol. The average molecular weight is 409 g/mol. The number of piperazine rings is 1. The van der Waals surface area contributed by atoms with Crippen LogP contribution in [0.15, 0.2) is 54.6 Å². The molecule has 1 N–H and O–H groups in total. The van der Waals surface area contributed by atoms with Crippen molar-refractivity contribution in [2.24, 2.45) is 0 Å². The highest BCUT2D eigenvalue weighted by atomic mass is 35.5. The fourth-order valence-electron chi connectivity index (χ4n) is 4.41. The Balaban J connectivity index is 0.00000131. The van der Waals surface area contributed by atoms with Crippen molar-refractivity contribution in [3.8, 4) is 0 Å². The van der Waals surface area contributed by atoms with Gasteiger partial charge in [-0.05, 0) is 36.1 Å². The molecule has 148 valence electrons. The standard InChI is InChI=1S/C22H28N2O.2ClH/c25-21-17-19-10-4-5-11-20(19)22(21)24-15-13-23(14-16-24)12-6-9-18-7-2-1-3-8-18;;/h1-5,7-8,10-11,21-22,25H,6,9,12-17H2;2*1H. The third-order valence-corrected chi connectivity index (χ3v) is 5.75. The monoisotopic (exact) mass is 408 g/mol. The van der Waals surface area contributed by atoms with Gasteiger partial charge in [0, 0.05) is 32.6 Å². The van der Waals surface area contributed by atoms with Crippen LogP contribution in [0.5, 0.6) is 0 Å². The minimum absolute atomic E-state index is 0. The molecule has 2 unspecified atom stereocenters. The molecular formula is C22H30Cl2N2O. The number of benzene rings is 2. The van der Waals surface area contributed by atoms with E-state index in [0.29, 0.717) is 0 Å². The van der Waals surface area contributed by atoms with Crippen LogP contribution in [-0.2, 0) is 12.8 Å². The van der Waals surface area contributed by atoms with Crippen LogP contribution >= 0.6 is 24.8 Å². The summed E-state index contributed by atoms with van der Waals surface area (Å²) in [5, 5.41) is 10.5. The zero-order chi connectivity index (χ0) is 17.1. The van der Waals surface area contributed by atoms with Crippen LogP contribution in [0.3, 0.4) is 0 Å². The first-order chi connectivity index (χ1) is 12.3. The first-order valence-corrected chi connectivity index (χ1v) is 9.57. The van der Waals surface area contributed by atoms with Crippen molar-refractivity contribution >= 4 is 24.8 Å². The fraction of sp³-hybridized carbons (Fsp3) is 0.455. The van der Waals surface area contributed by atoms with Gasteiger partial charge in [0.15, 0.2) is 0 Å². The molecule has 2 aromatic rings. The maximum Gasteiger partial charge on any atom is 0.0777 e. The van der Waals surface area contributed by atoms with E-state index in [0.717, 1.165) is 39.0 Å². The van der Waals surface area contributed by atoms with E-state index in [1.807, 2.05) is 0 Å². The topological polar surface area (TPSA) is 26.7 Å². The summed E-state index contributed by atoms with van der Waals surface area (Å²) in [6, 6.07) is 19.5. The summed E-state index contributed by atoms with van der Waals surface area (Å²) in [4.78, 5) is 5.07. The summed E-state index contributed by atoms with van der Waals surface area (Å²) in [6.45, 7) is 5.51. The molecule has 2 aliphatic rings. The SMILES string of the molecule is Cl.Cl.OC1Cc2ccccc2C1N1CCN(CCCc2ccccc2)CC1. The molecule has 1 saturated heterocycles. The van der Waals surface area contributed by atoms with E-state index in [-0.39, 0.29) is 37.0 Å². The molecule has 0 saturated carbocycles. The van der Waals surface area contributed by atoms with Crippen molar-refractivity contribution in [3.63, 3.8) is 0 Å². The van der Waals surface area contributed by atoms with Gasteiger partial charge in [0.25, 0.3) is 0 Å². The lowest BCUT2D eigenvalue weighted by Crippen LogP contribution is -2.49. The smallest absolute Gasteiger partial charge is 0.0777 e. The Morgan fingerprint density at radius 3 is 2.26 bits per heavy atom. The lowest BCUT2D eigenvalue weighted by Gasteiger charge is -2.39. The van der Waals surface area contributed by atoms with Crippen LogP contribution < -0.4 is 0 Å². The molecule has 0 amide bonds. The van der Waals surface area contributed by atoms with Crippen molar-refractivity contribution in [1.29, 1.82) is 0 Å². The first-order valence-electron chi connectivity index (χ1n) is 9.57. The van der Waals surface area contributed by atoms with E-state index < -0.39 is 0 Å². The molecule has 0 radical (unpaired) electrons. The van der Waals surface area contributed by atoms with Crippen molar-refractivity contribution < 1.29 is 5.11 Å². The maximum absolute atomic E-state index is 10.5. The number of fused-ring (bicyclic) bond motifs is 1. The van der Waals surface area contributed by atoms with Gasteiger partial charge in [0.05, 0.1) is 12.1 Å². The van der Waals surface area contributed by atoms with Crippen molar-refractivity contribution in [2.45, 2.75) is 31.4 Å². The normalized spacial score (nSPS) is 22.6. The highest BCUT2D eigenvalue weighted by molar-refractivity contribution is 5.85. The molecule has 2 aromatic carbocycles. The molecule has 1 aliphatic heterocycles. The summed E-state index contributed by atoms with van der Waals surface area (Å²) >= 11 is 0. The van der Waals surface area contributed by atoms with Crippen molar-refractivity contribution in [2.75, 3.05) is 32.7 Å². The molecule has 1 heterocycles. The second-order valence-electron chi connectivity index (χ2n) is 7.38. The van der Waals surface area contributed by atoms with Gasteiger partial charge in [0.2, 0.25) is 0 Å². The predicted octanol–water partition coefficient (Wildman–Crippen LogP) is 3.74. The van der Waals surface area contributed by atoms with Gasteiger partial charge in [-0.2, -0.15) is 0 Å². The molecule has 27 heavy (non-hydrogen) atoms. The van der Waals surface area contributed by atoms with E-state index in [4.69, 9.17) is 0 Å². The Labute approximate surface area is 175 Å². The van der Waals surface area contributed by atoms with Crippen molar-refractivity contribution in [3.05, 3.63) is 71.3 Å². The number of aryl methyl sites for hydroxylation is 1. The molecule has 0 aromatic heterocycles. The largest absolute Gasteiger partial charge is 0.391 e. The van der Waals surface area contributed by atoms with Crippen LogP contribution in [-0.4, -0.2) is 53.7 Å². The molecule has 4 rings (SSSR count). The summed E-state index contributed by atoms with van der Waals surface area (Å²) in [5.41, 5.74) is 4.10. The predicted molar refractivity (Wildman–Crippen MR) is 116 cm³/mol. The third kappa shape index (κ3) is 5.24. The molecule has 5 heteroatoms. The molecule has 0 spiro atoms. The number of hydrogen-bond acceptors (Lipinski definition) is 3. The number of halogens is 2. The van der Waals surface area contributed by atoms with E-state index in [2.05, 4.69) is 64.4 Å². The third-order valence-electron chi connectivity index (χ3n) is 5.75. The van der Waals surface area contributed by atoms with Gasteiger partial charge in [0.1, 0.15) is 0 Å². The Morgan fingerprint density at radius 2 is 1.52 bits per heavy atom. The number of nitrogens with zero attached hydrogens (tertiary/aromatic N) is 2. The first kappa shape index (κ1) is 22.2. The lowest BCUT2D eigenvalue weighted by atomic mass is 10.0.